The van der Waals surface area contributed by atoms with Crippen molar-refractivity contribution in [1.82, 2.24) is 0 Å². The van der Waals surface area contributed by atoms with E-state index in [1.54, 1.807) is 0 Å². The molecule has 6 heteroatoms. The number of hydrogen-bond acceptors (Lipinski definition) is 2. The minimum absolute atomic E-state index is 0.527. The Labute approximate surface area is 244 Å². The number of hydrogen-bond donors (Lipinski definition) is 0. The summed E-state index contributed by atoms with van der Waals surface area (Å²) in [6.07, 6.45) is 0. The monoisotopic (exact) mass is 734 g/mol. The Morgan fingerprint density at radius 2 is 0.806 bits per heavy atom. The van der Waals surface area contributed by atoms with Crippen molar-refractivity contribution in [2.45, 2.75) is 38.4 Å². The molecule has 0 bridgehead atoms. The molecule has 6 aromatic rings. The predicted octanol–water partition coefficient (Wildman–Crippen LogP) is 12.4. The number of alkyl halides is 1. The largest absolute Gasteiger partial charge is 0.456 e. The maximum atomic E-state index is 5.89. The van der Waals surface area contributed by atoms with E-state index in [0.717, 1.165) is 46.5 Å². The summed E-state index contributed by atoms with van der Waals surface area (Å²) in [4.78, 5) is 0.646. The molecule has 0 N–H and O–H groups in total. The average Bonchev–Trinajstić information content (AvgIpc) is 3.34. The van der Waals surface area contributed by atoms with E-state index in [1.165, 1.54) is 16.3 Å². The Balaban J connectivity index is 0.000000148. The van der Waals surface area contributed by atoms with Crippen LogP contribution in [0.2, 0.25) is 0 Å². The molecule has 0 fully saturated rings. The third-order valence-corrected chi connectivity index (χ3v) is 7.00. The molecule has 0 unspecified atom stereocenters. The highest BCUT2D eigenvalue weighted by Crippen LogP contribution is 2.33. The molecule has 2 nitrogen and oxygen atoms in total. The van der Waals surface area contributed by atoms with E-state index < -0.39 is 0 Å². The molecular formula is C30H26Br4O2. The minimum atomic E-state index is 0.527. The zero-order valence-corrected chi connectivity index (χ0v) is 26.8. The third kappa shape index (κ3) is 6.45. The molecule has 4 aromatic carbocycles. The van der Waals surface area contributed by atoms with E-state index in [0.29, 0.717) is 10.7 Å². The molecule has 0 saturated carbocycles. The van der Waals surface area contributed by atoms with Gasteiger partial charge < -0.3 is 8.83 Å². The van der Waals surface area contributed by atoms with Gasteiger partial charge in [0.15, 0.2) is 0 Å². The highest BCUT2D eigenvalue weighted by Gasteiger charge is 2.09. The SMILES string of the molecule is Brc1ccc2c(c1)oc1cc(Br)ccc12.CC(C)Br.CC(C)c1ccc2c(c1)oc1cc(Br)ccc12. The third-order valence-electron chi connectivity index (χ3n) is 5.52. The van der Waals surface area contributed by atoms with Gasteiger partial charge in [0.1, 0.15) is 22.3 Å². The van der Waals surface area contributed by atoms with Crippen LogP contribution in [-0.4, -0.2) is 4.83 Å². The lowest BCUT2D eigenvalue weighted by atomic mass is 10.0. The minimum Gasteiger partial charge on any atom is -0.456 e. The molecule has 0 aliphatic rings. The highest BCUT2D eigenvalue weighted by atomic mass is 79.9. The van der Waals surface area contributed by atoms with E-state index in [9.17, 15) is 0 Å². The first-order valence-corrected chi connectivity index (χ1v) is 14.9. The fraction of sp³-hybridized carbons (Fsp3) is 0.200. The molecule has 0 aliphatic carbocycles. The zero-order valence-electron chi connectivity index (χ0n) is 20.4. The first-order chi connectivity index (χ1) is 17.1. The number of furan rings is 2. The van der Waals surface area contributed by atoms with Crippen molar-refractivity contribution in [2.24, 2.45) is 0 Å². The van der Waals surface area contributed by atoms with Crippen LogP contribution in [0.5, 0.6) is 0 Å². The van der Waals surface area contributed by atoms with Crippen LogP contribution in [0, 0.1) is 0 Å². The van der Waals surface area contributed by atoms with E-state index in [4.69, 9.17) is 8.83 Å². The van der Waals surface area contributed by atoms with Crippen LogP contribution in [0.1, 0.15) is 39.2 Å². The van der Waals surface area contributed by atoms with Crippen LogP contribution < -0.4 is 0 Å². The number of rotatable bonds is 1. The van der Waals surface area contributed by atoms with Gasteiger partial charge in [-0.1, -0.05) is 104 Å². The zero-order chi connectivity index (χ0) is 26.0. The van der Waals surface area contributed by atoms with E-state index >= 15 is 0 Å². The molecule has 0 atom stereocenters. The Hall–Kier alpha value is -1.60. The topological polar surface area (TPSA) is 26.3 Å². The number of fused-ring (bicyclic) bond motifs is 6. The predicted molar refractivity (Wildman–Crippen MR) is 169 cm³/mol. The molecule has 186 valence electrons. The summed E-state index contributed by atoms with van der Waals surface area (Å²) < 4.78 is 14.8. The number of halogens is 4. The van der Waals surface area contributed by atoms with Gasteiger partial charge in [-0.05, 0) is 72.1 Å². The van der Waals surface area contributed by atoms with Gasteiger partial charge >= 0.3 is 0 Å². The van der Waals surface area contributed by atoms with Crippen LogP contribution in [0.4, 0.5) is 0 Å². The van der Waals surface area contributed by atoms with Crippen LogP contribution in [0.15, 0.2) is 95.0 Å². The fourth-order valence-corrected chi connectivity index (χ4v) is 4.87. The number of benzene rings is 4. The van der Waals surface area contributed by atoms with Crippen LogP contribution >= 0.6 is 63.7 Å². The molecule has 0 saturated heterocycles. The smallest absolute Gasteiger partial charge is 0.136 e. The Morgan fingerprint density at radius 1 is 0.500 bits per heavy atom. The van der Waals surface area contributed by atoms with Crippen molar-refractivity contribution >= 4 is 108 Å². The van der Waals surface area contributed by atoms with Crippen molar-refractivity contribution in [2.75, 3.05) is 0 Å². The molecule has 0 aliphatic heterocycles. The summed E-state index contributed by atoms with van der Waals surface area (Å²) in [7, 11) is 0. The summed E-state index contributed by atoms with van der Waals surface area (Å²) in [5.74, 6) is 0.527. The summed E-state index contributed by atoms with van der Waals surface area (Å²) >= 11 is 13.6. The highest BCUT2D eigenvalue weighted by molar-refractivity contribution is 9.11. The van der Waals surface area contributed by atoms with Crippen molar-refractivity contribution in [3.05, 3.63) is 91.8 Å². The Bertz CT molecular complexity index is 1580. The lowest BCUT2D eigenvalue weighted by Crippen LogP contribution is -1.84. The second-order valence-electron chi connectivity index (χ2n) is 9.05. The van der Waals surface area contributed by atoms with Crippen molar-refractivity contribution in [3.63, 3.8) is 0 Å². The molecule has 6 rings (SSSR count). The second kappa shape index (κ2) is 11.8. The maximum absolute atomic E-state index is 5.89. The van der Waals surface area contributed by atoms with E-state index in [2.05, 4.69) is 128 Å². The summed E-state index contributed by atoms with van der Waals surface area (Å²) in [6.45, 7) is 8.56. The van der Waals surface area contributed by atoms with E-state index in [1.807, 2.05) is 36.4 Å². The molecule has 36 heavy (non-hydrogen) atoms. The van der Waals surface area contributed by atoms with Crippen molar-refractivity contribution in [1.29, 1.82) is 0 Å². The van der Waals surface area contributed by atoms with Gasteiger partial charge in [0, 0.05) is 39.8 Å². The van der Waals surface area contributed by atoms with Crippen LogP contribution in [-0.2, 0) is 0 Å². The Morgan fingerprint density at radius 3 is 1.14 bits per heavy atom. The molecule has 0 amide bonds. The fourth-order valence-electron chi connectivity index (χ4n) is 3.85. The van der Waals surface area contributed by atoms with Crippen LogP contribution in [0.3, 0.4) is 0 Å². The summed E-state index contributed by atoms with van der Waals surface area (Å²) in [5, 5.41) is 4.68. The van der Waals surface area contributed by atoms with Gasteiger partial charge in [-0.15, -0.1) is 0 Å². The van der Waals surface area contributed by atoms with Gasteiger partial charge in [0.05, 0.1) is 0 Å². The molecule has 0 radical (unpaired) electrons. The first kappa shape index (κ1) is 27.4. The lowest BCUT2D eigenvalue weighted by molar-refractivity contribution is 0.667. The maximum Gasteiger partial charge on any atom is 0.136 e. The molecule has 0 spiro atoms. The summed E-state index contributed by atoms with van der Waals surface area (Å²) in [6, 6.07) is 24.8. The Kier molecular flexibility index (Phi) is 9.03. The standard InChI is InChI=1S/C15H13BrO.C12H6Br2O.C3H7Br/c1-9(2)10-3-5-12-13-6-4-11(16)8-15(13)17-14(12)7-10;13-7-1-3-9-10-4-2-8(14)6-12(10)15-11(9)5-7;1-3(2)4/h3-9H,1-2H3;1-6H;3H,1-2H3. The normalized spacial score (nSPS) is 11.3. The molecule has 2 heterocycles. The van der Waals surface area contributed by atoms with Gasteiger partial charge in [-0.3, -0.25) is 0 Å². The van der Waals surface area contributed by atoms with Crippen molar-refractivity contribution < 1.29 is 8.83 Å². The van der Waals surface area contributed by atoms with Crippen LogP contribution in [0.25, 0.3) is 43.9 Å². The van der Waals surface area contributed by atoms with Gasteiger partial charge in [-0.25, -0.2) is 0 Å². The van der Waals surface area contributed by atoms with E-state index in [-0.39, 0.29) is 0 Å². The van der Waals surface area contributed by atoms with Gasteiger partial charge in [0.25, 0.3) is 0 Å². The lowest BCUT2D eigenvalue weighted by Gasteiger charge is -2.03. The first-order valence-electron chi connectivity index (χ1n) is 11.7. The van der Waals surface area contributed by atoms with Crippen molar-refractivity contribution in [3.8, 4) is 0 Å². The second-order valence-corrected chi connectivity index (χ2v) is 13.6. The summed E-state index contributed by atoms with van der Waals surface area (Å²) in [5.41, 5.74) is 5.06. The average molecular weight is 738 g/mol. The van der Waals surface area contributed by atoms with Gasteiger partial charge in [-0.2, -0.15) is 0 Å². The van der Waals surface area contributed by atoms with Gasteiger partial charge in [0.2, 0.25) is 0 Å². The quantitative estimate of drug-likeness (QED) is 0.157. The molecular weight excluding hydrogens is 712 g/mol. The molecule has 2 aromatic heterocycles.